The molecular formula is C15H25N5. The maximum absolute atomic E-state index is 5.96. The highest BCUT2D eigenvalue weighted by atomic mass is 15.2. The summed E-state index contributed by atoms with van der Waals surface area (Å²) in [5.41, 5.74) is 5.96. The molecule has 1 saturated heterocycles. The van der Waals surface area contributed by atoms with Crippen molar-refractivity contribution in [2.45, 2.75) is 44.6 Å². The van der Waals surface area contributed by atoms with Crippen molar-refractivity contribution < 1.29 is 0 Å². The molecule has 3 rings (SSSR count). The summed E-state index contributed by atoms with van der Waals surface area (Å²) in [5.74, 6) is 2.55. The van der Waals surface area contributed by atoms with Crippen LogP contribution < -0.4 is 16.0 Å². The van der Waals surface area contributed by atoms with E-state index in [1.165, 1.54) is 32.1 Å². The Morgan fingerprint density at radius 1 is 1.25 bits per heavy atom. The molecule has 5 heteroatoms. The SMILES string of the molecule is N[C@@H]1CCN(c2ccnc(NCC3CCCCC3)n2)C1. The summed E-state index contributed by atoms with van der Waals surface area (Å²) in [7, 11) is 0. The third-order valence-corrected chi connectivity index (χ3v) is 4.46. The molecule has 1 atom stereocenters. The fourth-order valence-corrected chi connectivity index (χ4v) is 3.23. The first-order chi connectivity index (χ1) is 9.81. The smallest absolute Gasteiger partial charge is 0.224 e. The average molecular weight is 275 g/mol. The van der Waals surface area contributed by atoms with Crippen molar-refractivity contribution >= 4 is 11.8 Å². The van der Waals surface area contributed by atoms with E-state index in [9.17, 15) is 0 Å². The molecule has 0 spiro atoms. The maximum Gasteiger partial charge on any atom is 0.224 e. The molecule has 1 aliphatic heterocycles. The molecule has 0 bridgehead atoms. The van der Waals surface area contributed by atoms with Crippen molar-refractivity contribution in [2.75, 3.05) is 29.9 Å². The molecule has 0 amide bonds. The summed E-state index contributed by atoms with van der Waals surface area (Å²) in [4.78, 5) is 11.2. The van der Waals surface area contributed by atoms with Crippen LogP contribution in [0.5, 0.6) is 0 Å². The van der Waals surface area contributed by atoms with Crippen molar-refractivity contribution in [3.63, 3.8) is 0 Å². The fourth-order valence-electron chi connectivity index (χ4n) is 3.23. The predicted octanol–water partition coefficient (Wildman–Crippen LogP) is 2.01. The minimum Gasteiger partial charge on any atom is -0.355 e. The lowest BCUT2D eigenvalue weighted by atomic mass is 9.89. The summed E-state index contributed by atoms with van der Waals surface area (Å²) in [6, 6.07) is 2.26. The molecule has 5 nitrogen and oxygen atoms in total. The topological polar surface area (TPSA) is 67.1 Å². The zero-order chi connectivity index (χ0) is 13.8. The summed E-state index contributed by atoms with van der Waals surface area (Å²) in [5, 5.41) is 3.41. The van der Waals surface area contributed by atoms with Crippen LogP contribution in [0, 0.1) is 5.92 Å². The number of nitrogens with two attached hydrogens (primary N) is 1. The summed E-state index contributed by atoms with van der Waals surface area (Å²) >= 11 is 0. The maximum atomic E-state index is 5.96. The fraction of sp³-hybridized carbons (Fsp3) is 0.733. The van der Waals surface area contributed by atoms with Crippen molar-refractivity contribution in [3.8, 4) is 0 Å². The first-order valence-corrected chi connectivity index (χ1v) is 7.89. The summed E-state index contributed by atoms with van der Waals surface area (Å²) in [6.07, 6.45) is 9.72. The van der Waals surface area contributed by atoms with E-state index in [1.54, 1.807) is 0 Å². The van der Waals surface area contributed by atoms with Crippen LogP contribution in [0.15, 0.2) is 12.3 Å². The van der Waals surface area contributed by atoms with Gasteiger partial charge in [0.2, 0.25) is 5.95 Å². The van der Waals surface area contributed by atoms with E-state index in [0.717, 1.165) is 43.7 Å². The Labute approximate surface area is 121 Å². The van der Waals surface area contributed by atoms with Gasteiger partial charge in [-0.15, -0.1) is 0 Å². The minimum absolute atomic E-state index is 0.281. The van der Waals surface area contributed by atoms with E-state index in [2.05, 4.69) is 20.2 Å². The molecule has 110 valence electrons. The van der Waals surface area contributed by atoms with Gasteiger partial charge in [0.05, 0.1) is 0 Å². The number of anilines is 2. The number of nitrogens with zero attached hydrogens (tertiary/aromatic N) is 3. The average Bonchev–Trinajstić information content (AvgIpc) is 2.93. The van der Waals surface area contributed by atoms with Crippen LogP contribution in [-0.4, -0.2) is 35.6 Å². The quantitative estimate of drug-likeness (QED) is 0.880. The van der Waals surface area contributed by atoms with Crippen LogP contribution in [-0.2, 0) is 0 Å². The van der Waals surface area contributed by atoms with Crippen LogP contribution in [0.2, 0.25) is 0 Å². The Morgan fingerprint density at radius 2 is 2.10 bits per heavy atom. The van der Waals surface area contributed by atoms with Gasteiger partial charge in [-0.1, -0.05) is 19.3 Å². The van der Waals surface area contributed by atoms with Gasteiger partial charge in [-0.25, -0.2) is 4.98 Å². The van der Waals surface area contributed by atoms with Gasteiger partial charge in [0, 0.05) is 31.9 Å². The molecule has 1 aromatic rings. The second-order valence-electron chi connectivity index (χ2n) is 6.12. The van der Waals surface area contributed by atoms with E-state index in [-0.39, 0.29) is 6.04 Å². The third kappa shape index (κ3) is 3.39. The van der Waals surface area contributed by atoms with Crippen molar-refractivity contribution in [2.24, 2.45) is 11.7 Å². The standard InChI is InChI=1S/C15H25N5/c16-13-7-9-20(11-13)14-6-8-17-15(19-14)18-10-12-4-2-1-3-5-12/h6,8,12-13H,1-5,7,9-11,16H2,(H,17,18,19)/t13-/m1/s1. The van der Waals surface area contributed by atoms with Crippen LogP contribution in [0.3, 0.4) is 0 Å². The molecule has 3 N–H and O–H groups in total. The van der Waals surface area contributed by atoms with Gasteiger partial charge in [0.15, 0.2) is 0 Å². The summed E-state index contributed by atoms with van der Waals surface area (Å²) < 4.78 is 0. The van der Waals surface area contributed by atoms with Gasteiger partial charge in [0.25, 0.3) is 0 Å². The minimum atomic E-state index is 0.281. The molecule has 1 saturated carbocycles. The Morgan fingerprint density at radius 3 is 2.85 bits per heavy atom. The van der Waals surface area contributed by atoms with Gasteiger partial charge in [-0.05, 0) is 31.2 Å². The van der Waals surface area contributed by atoms with E-state index in [0.29, 0.717) is 0 Å². The number of hydrogen-bond acceptors (Lipinski definition) is 5. The number of aromatic nitrogens is 2. The highest BCUT2D eigenvalue weighted by Crippen LogP contribution is 2.24. The van der Waals surface area contributed by atoms with Crippen molar-refractivity contribution in [1.82, 2.24) is 9.97 Å². The van der Waals surface area contributed by atoms with Gasteiger partial charge in [-0.3, -0.25) is 0 Å². The van der Waals surface area contributed by atoms with E-state index in [1.807, 2.05) is 12.3 Å². The molecule has 2 fully saturated rings. The van der Waals surface area contributed by atoms with Gasteiger partial charge >= 0.3 is 0 Å². The van der Waals surface area contributed by atoms with Gasteiger partial charge in [-0.2, -0.15) is 4.98 Å². The van der Waals surface area contributed by atoms with Crippen molar-refractivity contribution in [1.29, 1.82) is 0 Å². The Balaban J connectivity index is 1.56. The molecule has 20 heavy (non-hydrogen) atoms. The molecule has 0 radical (unpaired) electrons. The van der Waals surface area contributed by atoms with E-state index >= 15 is 0 Å². The van der Waals surface area contributed by atoms with Crippen LogP contribution in [0.4, 0.5) is 11.8 Å². The number of rotatable bonds is 4. The molecule has 0 aromatic carbocycles. The highest BCUT2D eigenvalue weighted by molar-refractivity contribution is 5.43. The third-order valence-electron chi connectivity index (χ3n) is 4.46. The van der Waals surface area contributed by atoms with Crippen LogP contribution >= 0.6 is 0 Å². The second-order valence-corrected chi connectivity index (χ2v) is 6.12. The lowest BCUT2D eigenvalue weighted by Gasteiger charge is -2.22. The van der Waals surface area contributed by atoms with Gasteiger partial charge in [0.1, 0.15) is 5.82 Å². The zero-order valence-electron chi connectivity index (χ0n) is 12.1. The molecular weight excluding hydrogens is 250 g/mol. The van der Waals surface area contributed by atoms with Crippen LogP contribution in [0.1, 0.15) is 38.5 Å². The Hall–Kier alpha value is -1.36. The molecule has 1 aromatic heterocycles. The normalized spacial score (nSPS) is 24.1. The molecule has 0 unspecified atom stereocenters. The zero-order valence-corrected chi connectivity index (χ0v) is 12.1. The Kier molecular flexibility index (Phi) is 4.35. The first kappa shape index (κ1) is 13.6. The number of nitrogens with one attached hydrogen (secondary N) is 1. The van der Waals surface area contributed by atoms with E-state index < -0.39 is 0 Å². The highest BCUT2D eigenvalue weighted by Gasteiger charge is 2.20. The largest absolute Gasteiger partial charge is 0.355 e. The Bertz CT molecular complexity index is 430. The molecule has 2 heterocycles. The summed E-state index contributed by atoms with van der Waals surface area (Å²) in [6.45, 7) is 2.91. The first-order valence-electron chi connectivity index (χ1n) is 7.89. The molecule has 2 aliphatic rings. The predicted molar refractivity (Wildman–Crippen MR) is 81.9 cm³/mol. The monoisotopic (exact) mass is 275 g/mol. The second kappa shape index (κ2) is 6.39. The van der Waals surface area contributed by atoms with Gasteiger partial charge < -0.3 is 16.0 Å². The number of hydrogen-bond donors (Lipinski definition) is 2. The molecule has 1 aliphatic carbocycles. The van der Waals surface area contributed by atoms with Crippen molar-refractivity contribution in [3.05, 3.63) is 12.3 Å². The lowest BCUT2D eigenvalue weighted by Crippen LogP contribution is -2.27. The van der Waals surface area contributed by atoms with Crippen LogP contribution in [0.25, 0.3) is 0 Å². The lowest BCUT2D eigenvalue weighted by molar-refractivity contribution is 0.373. The van der Waals surface area contributed by atoms with E-state index in [4.69, 9.17) is 5.73 Å².